The van der Waals surface area contributed by atoms with Gasteiger partial charge in [0, 0.05) is 43.2 Å². The van der Waals surface area contributed by atoms with Gasteiger partial charge in [-0.1, -0.05) is 62.0 Å². The zero-order chi connectivity index (χ0) is 29.2. The zero-order valence-electron chi connectivity index (χ0n) is 23.1. The molecule has 3 N–H and O–H groups in total. The van der Waals surface area contributed by atoms with Crippen molar-refractivity contribution in [3.05, 3.63) is 102 Å². The van der Waals surface area contributed by atoms with E-state index in [4.69, 9.17) is 0 Å². The van der Waals surface area contributed by atoms with Crippen LogP contribution < -0.4 is 5.32 Å². The fraction of sp³-hybridized carbons (Fsp3) is 0.273. The predicted octanol–water partition coefficient (Wildman–Crippen LogP) is 5.91. The first kappa shape index (κ1) is 29.5. The number of amides is 3. The summed E-state index contributed by atoms with van der Waals surface area (Å²) in [6, 6.07) is 22.1. The minimum Gasteiger partial charge on any atom is -0.348 e. The van der Waals surface area contributed by atoms with Crippen LogP contribution in [0.2, 0.25) is 0 Å². The maximum Gasteiger partial charge on any atom is 0.289 e. The summed E-state index contributed by atoms with van der Waals surface area (Å²) < 4.78 is 14.3. The van der Waals surface area contributed by atoms with E-state index in [9.17, 15) is 18.8 Å². The maximum atomic E-state index is 14.3. The minimum absolute atomic E-state index is 0. The van der Waals surface area contributed by atoms with Gasteiger partial charge in [-0.15, -0.1) is 0 Å². The number of benzene rings is 3. The molecule has 3 amide bonds. The molecule has 2 atom stereocenters. The molecular weight excluding hydrogens is 547 g/mol. The summed E-state index contributed by atoms with van der Waals surface area (Å²) >= 11 is 0. The molecule has 2 aromatic heterocycles. The van der Waals surface area contributed by atoms with Gasteiger partial charge in [0.1, 0.15) is 17.6 Å². The average molecular weight is 591 g/mol. The van der Waals surface area contributed by atoms with E-state index in [-0.39, 0.29) is 54.4 Å². The second-order valence-electron chi connectivity index (χ2n) is 10.7. The van der Waals surface area contributed by atoms with Crippen molar-refractivity contribution >= 4 is 39.7 Å². The molecule has 230 valence electrons. The highest BCUT2D eigenvalue weighted by molar-refractivity contribution is 6.00. The monoisotopic (exact) mass is 590 g/mol. The van der Waals surface area contributed by atoms with E-state index in [1.807, 2.05) is 61.5 Å². The number of hydrogen-bond acceptors (Lipinski definition) is 4. The molecule has 0 radical (unpaired) electrons. The topological polar surface area (TPSA) is 114 Å². The molecule has 1 saturated heterocycles. The van der Waals surface area contributed by atoms with Gasteiger partial charge in [-0.2, -0.15) is 0 Å². The van der Waals surface area contributed by atoms with Crippen molar-refractivity contribution in [2.45, 2.75) is 39.3 Å². The number of carbonyl (C=O) groups is 3. The van der Waals surface area contributed by atoms with Crippen LogP contribution in [-0.4, -0.2) is 74.2 Å². The lowest BCUT2D eigenvalue weighted by Crippen LogP contribution is -2.52. The van der Waals surface area contributed by atoms with Crippen molar-refractivity contribution in [2.24, 2.45) is 0 Å². The molecular formula is C33H43FN6O3. The Bertz CT molecular complexity index is 1750. The number of fused-ring (bicyclic) bond motifs is 2. The second-order valence-corrected chi connectivity index (χ2v) is 10.7. The third-order valence-corrected chi connectivity index (χ3v) is 7.86. The van der Waals surface area contributed by atoms with E-state index in [1.54, 1.807) is 28.0 Å². The summed E-state index contributed by atoms with van der Waals surface area (Å²) in [6.07, 6.45) is 0.857. The highest BCUT2D eigenvalue weighted by Crippen LogP contribution is 2.20. The van der Waals surface area contributed by atoms with Gasteiger partial charge >= 0.3 is 0 Å². The molecule has 10 heteroatoms. The predicted molar refractivity (Wildman–Crippen MR) is 173 cm³/mol. The fourth-order valence-corrected chi connectivity index (χ4v) is 5.52. The van der Waals surface area contributed by atoms with Gasteiger partial charge in [0.05, 0.1) is 16.6 Å². The van der Waals surface area contributed by atoms with Crippen molar-refractivity contribution in [1.29, 1.82) is 0 Å². The molecule has 9 nitrogen and oxygen atoms in total. The number of nitrogens with one attached hydrogen (secondary N) is 3. The maximum absolute atomic E-state index is 14.3. The SMILES string of the molecule is C.CC1CCN(C(=O)c2nc3ccccc3[nH]2)CCN1C(=O)[C@H](Cc1ccccc1)NC(=O)c1cc2cccc(F)c2[nH]1.[HH].[HH].[HH].[HH]. The third kappa shape index (κ3) is 6.13. The summed E-state index contributed by atoms with van der Waals surface area (Å²) in [5.41, 5.74) is 2.82. The summed E-state index contributed by atoms with van der Waals surface area (Å²) in [5.74, 6) is -1.13. The normalized spacial score (nSPS) is 16.0. The van der Waals surface area contributed by atoms with Crippen molar-refractivity contribution in [2.75, 3.05) is 19.6 Å². The molecule has 1 aliphatic rings. The van der Waals surface area contributed by atoms with Gasteiger partial charge in [-0.3, -0.25) is 14.4 Å². The van der Waals surface area contributed by atoms with Crippen LogP contribution in [0, 0.1) is 5.82 Å². The third-order valence-electron chi connectivity index (χ3n) is 7.86. The Morgan fingerprint density at radius 2 is 1.77 bits per heavy atom. The number of carbonyl (C=O) groups excluding carboxylic acids is 3. The van der Waals surface area contributed by atoms with Crippen molar-refractivity contribution in [3.63, 3.8) is 0 Å². The molecule has 0 spiro atoms. The Hall–Kier alpha value is -4.99. The smallest absolute Gasteiger partial charge is 0.289 e. The van der Waals surface area contributed by atoms with Crippen LogP contribution in [0.4, 0.5) is 4.39 Å². The molecule has 0 saturated carbocycles. The van der Waals surface area contributed by atoms with E-state index in [0.29, 0.717) is 31.4 Å². The van der Waals surface area contributed by atoms with Crippen molar-refractivity contribution in [3.8, 4) is 0 Å². The molecule has 43 heavy (non-hydrogen) atoms. The minimum atomic E-state index is -0.865. The molecule has 3 heterocycles. The number of H-pyrrole nitrogens is 2. The lowest BCUT2D eigenvalue weighted by molar-refractivity contribution is -0.135. The molecule has 1 fully saturated rings. The Kier molecular flexibility index (Phi) is 8.56. The average Bonchev–Trinajstić information content (AvgIpc) is 3.59. The van der Waals surface area contributed by atoms with E-state index in [2.05, 4.69) is 20.3 Å². The number of aromatic nitrogens is 3. The van der Waals surface area contributed by atoms with Gasteiger partial charge < -0.3 is 25.1 Å². The fourth-order valence-electron chi connectivity index (χ4n) is 5.52. The van der Waals surface area contributed by atoms with Crippen LogP contribution in [0.1, 0.15) is 53.1 Å². The summed E-state index contributed by atoms with van der Waals surface area (Å²) in [5, 5.41) is 3.47. The van der Waals surface area contributed by atoms with E-state index in [1.165, 1.54) is 6.07 Å². The first-order valence-electron chi connectivity index (χ1n) is 14.0. The molecule has 3 aromatic carbocycles. The first-order chi connectivity index (χ1) is 20.4. The quantitative estimate of drug-likeness (QED) is 0.228. The molecule has 0 aliphatic carbocycles. The Labute approximate surface area is 255 Å². The highest BCUT2D eigenvalue weighted by Gasteiger charge is 2.33. The molecule has 5 aromatic rings. The number of aromatic amines is 2. The summed E-state index contributed by atoms with van der Waals surface area (Å²) in [6.45, 7) is 3.07. The summed E-state index contributed by atoms with van der Waals surface area (Å²) in [7, 11) is 0. The second kappa shape index (κ2) is 12.5. The van der Waals surface area contributed by atoms with Crippen LogP contribution in [0.5, 0.6) is 0 Å². The van der Waals surface area contributed by atoms with Gasteiger partial charge in [-0.25, -0.2) is 9.37 Å². The van der Waals surface area contributed by atoms with Crippen molar-refractivity contribution in [1.82, 2.24) is 30.1 Å². The molecule has 1 unspecified atom stereocenters. The van der Waals surface area contributed by atoms with Gasteiger partial charge in [0.25, 0.3) is 11.8 Å². The van der Waals surface area contributed by atoms with Crippen LogP contribution >= 0.6 is 0 Å². The van der Waals surface area contributed by atoms with Crippen LogP contribution in [-0.2, 0) is 11.2 Å². The molecule has 6 rings (SSSR count). The number of nitrogens with zero attached hydrogens (tertiary/aromatic N) is 3. The van der Waals surface area contributed by atoms with Crippen molar-refractivity contribution < 1.29 is 24.5 Å². The number of halogens is 1. The van der Waals surface area contributed by atoms with Gasteiger partial charge in [0.15, 0.2) is 5.82 Å². The van der Waals surface area contributed by atoms with Gasteiger partial charge in [0.2, 0.25) is 5.91 Å². The van der Waals surface area contributed by atoms with Crippen LogP contribution in [0.3, 0.4) is 0 Å². The number of imidazole rings is 1. The first-order valence-corrected chi connectivity index (χ1v) is 14.0. The van der Waals surface area contributed by atoms with Gasteiger partial charge in [-0.05, 0) is 43.2 Å². The standard InChI is InChI=1S/C32H31FN6O3.CH4.4H2/c1-20-14-15-38(32(42)29-35-24-12-5-6-13-25(24)36-29)16-17-39(20)31(41)27(18-21-8-3-2-4-9-21)37-30(40)26-19-22-10-7-11-23(33)28(22)34-26;;;;;/h2-13,19-20,27,34H,14-18H2,1H3,(H,35,36)(H,37,40);1H4;4*1H/t20?,27-;;;;;/m0...../s1. The number of hydrogen-bond donors (Lipinski definition) is 3. The lowest BCUT2D eigenvalue weighted by Gasteiger charge is -2.31. The highest BCUT2D eigenvalue weighted by atomic mass is 19.1. The van der Waals surface area contributed by atoms with E-state index in [0.717, 1.165) is 16.6 Å². The summed E-state index contributed by atoms with van der Waals surface area (Å²) in [4.78, 5) is 54.5. The number of para-hydroxylation sites is 3. The zero-order valence-corrected chi connectivity index (χ0v) is 23.1. The Morgan fingerprint density at radius 3 is 2.53 bits per heavy atom. The van der Waals surface area contributed by atoms with E-state index < -0.39 is 17.8 Å². The van der Waals surface area contributed by atoms with E-state index >= 15 is 0 Å². The molecule has 1 aliphatic heterocycles. The van der Waals surface area contributed by atoms with Crippen LogP contribution in [0.15, 0.2) is 78.9 Å². The Balaban J connectivity index is 0.00000221. The van der Waals surface area contributed by atoms with Crippen LogP contribution in [0.25, 0.3) is 21.9 Å². The molecule has 0 bridgehead atoms. The lowest BCUT2D eigenvalue weighted by atomic mass is 10.0. The number of rotatable bonds is 6. The largest absolute Gasteiger partial charge is 0.348 e. The Morgan fingerprint density at radius 1 is 1.00 bits per heavy atom.